The van der Waals surface area contributed by atoms with Crippen molar-refractivity contribution in [3.63, 3.8) is 0 Å². The summed E-state index contributed by atoms with van der Waals surface area (Å²) in [5, 5.41) is 31.8. The molecular formula is C12H12N4O8S. The van der Waals surface area contributed by atoms with Crippen molar-refractivity contribution in [2.24, 2.45) is 0 Å². The van der Waals surface area contributed by atoms with E-state index >= 15 is 0 Å². The van der Waals surface area contributed by atoms with Crippen molar-refractivity contribution in [3.05, 3.63) is 44.8 Å². The lowest BCUT2D eigenvalue weighted by Crippen LogP contribution is -2.39. The third kappa shape index (κ3) is 3.21. The Morgan fingerprint density at radius 1 is 1.16 bits per heavy atom. The number of nitrogens with zero attached hydrogens (tertiary/aromatic N) is 4. The van der Waals surface area contributed by atoms with Crippen LogP contribution >= 0.6 is 0 Å². The Morgan fingerprint density at radius 2 is 1.64 bits per heavy atom. The van der Waals surface area contributed by atoms with E-state index in [0.29, 0.717) is 12.1 Å². The number of carboxylic acid groups (broad SMARTS) is 1. The SMILES string of the molecule is CC1N(C(=O)O)C=CN1c1c([N+](=O)[O-])cc(S(C)(=O)=O)cc1[N+](=O)[O-]. The zero-order chi connectivity index (χ0) is 19.1. The molecule has 0 saturated carbocycles. The molecule has 1 atom stereocenters. The van der Waals surface area contributed by atoms with E-state index < -0.39 is 53.9 Å². The summed E-state index contributed by atoms with van der Waals surface area (Å²) in [6.07, 6.45) is 0.627. The molecule has 1 aromatic carbocycles. The summed E-state index contributed by atoms with van der Waals surface area (Å²) in [6.45, 7) is 1.37. The molecule has 0 spiro atoms. The van der Waals surface area contributed by atoms with Crippen molar-refractivity contribution in [1.82, 2.24) is 4.90 Å². The molecule has 1 N–H and O–H groups in total. The number of hydrogen-bond acceptors (Lipinski definition) is 8. The molecule has 134 valence electrons. The lowest BCUT2D eigenvalue weighted by atomic mass is 10.2. The predicted molar refractivity (Wildman–Crippen MR) is 83.8 cm³/mol. The fourth-order valence-electron chi connectivity index (χ4n) is 2.35. The lowest BCUT2D eigenvalue weighted by Gasteiger charge is -2.26. The second kappa shape index (κ2) is 6.01. The van der Waals surface area contributed by atoms with Gasteiger partial charge in [0.2, 0.25) is 5.69 Å². The minimum atomic E-state index is -3.94. The number of benzene rings is 1. The van der Waals surface area contributed by atoms with Crippen molar-refractivity contribution >= 4 is 33.0 Å². The molecule has 0 bridgehead atoms. The monoisotopic (exact) mass is 372 g/mol. The third-order valence-corrected chi connectivity index (χ3v) is 4.63. The average molecular weight is 372 g/mol. The first kappa shape index (κ1) is 18.1. The predicted octanol–water partition coefficient (Wildman–Crippen LogP) is 1.52. The molecule has 0 fully saturated rings. The Morgan fingerprint density at radius 3 is 1.96 bits per heavy atom. The molecule has 0 aromatic heterocycles. The van der Waals surface area contributed by atoms with E-state index in [1.807, 2.05) is 0 Å². The molecule has 0 aliphatic carbocycles. The van der Waals surface area contributed by atoms with Crippen LogP contribution in [0.15, 0.2) is 29.4 Å². The molecule has 1 aliphatic rings. The van der Waals surface area contributed by atoms with Gasteiger partial charge in [-0.05, 0) is 6.92 Å². The van der Waals surface area contributed by atoms with Gasteiger partial charge in [0.15, 0.2) is 9.84 Å². The minimum absolute atomic E-state index is 0.505. The maximum Gasteiger partial charge on any atom is 0.413 e. The summed E-state index contributed by atoms with van der Waals surface area (Å²) in [5.41, 5.74) is -2.15. The van der Waals surface area contributed by atoms with Crippen LogP contribution in [0.3, 0.4) is 0 Å². The molecular weight excluding hydrogens is 360 g/mol. The van der Waals surface area contributed by atoms with E-state index in [1.54, 1.807) is 0 Å². The fourth-order valence-corrected chi connectivity index (χ4v) is 3.00. The summed E-state index contributed by atoms with van der Waals surface area (Å²) in [4.78, 5) is 33.2. The first-order chi connectivity index (χ1) is 11.4. The van der Waals surface area contributed by atoms with Crippen LogP contribution in [-0.2, 0) is 9.84 Å². The van der Waals surface area contributed by atoms with E-state index in [0.717, 1.165) is 28.5 Å². The van der Waals surface area contributed by atoms with Gasteiger partial charge >= 0.3 is 17.5 Å². The third-order valence-electron chi connectivity index (χ3n) is 3.54. The van der Waals surface area contributed by atoms with E-state index in [2.05, 4.69) is 0 Å². The van der Waals surface area contributed by atoms with Crippen molar-refractivity contribution in [2.45, 2.75) is 18.0 Å². The Balaban J connectivity index is 2.77. The van der Waals surface area contributed by atoms with Crippen LogP contribution in [0.2, 0.25) is 0 Å². The smallest absolute Gasteiger partial charge is 0.413 e. The van der Waals surface area contributed by atoms with Gasteiger partial charge in [-0.2, -0.15) is 0 Å². The first-order valence-corrected chi connectivity index (χ1v) is 8.49. The Hall–Kier alpha value is -3.22. The van der Waals surface area contributed by atoms with Gasteiger partial charge in [-0.15, -0.1) is 0 Å². The maximum atomic E-state index is 11.7. The second-order valence-corrected chi connectivity index (χ2v) is 7.14. The highest BCUT2D eigenvalue weighted by atomic mass is 32.2. The Kier molecular flexibility index (Phi) is 4.36. The molecule has 1 aliphatic heterocycles. The van der Waals surface area contributed by atoms with Gasteiger partial charge in [0, 0.05) is 30.8 Å². The second-order valence-electron chi connectivity index (χ2n) is 5.12. The van der Waals surface area contributed by atoms with Crippen LogP contribution in [0.1, 0.15) is 6.92 Å². The highest BCUT2D eigenvalue weighted by Crippen LogP contribution is 2.42. The zero-order valence-electron chi connectivity index (χ0n) is 12.9. The van der Waals surface area contributed by atoms with Gasteiger partial charge in [-0.3, -0.25) is 25.1 Å². The number of amides is 1. The van der Waals surface area contributed by atoms with Gasteiger partial charge in [0.05, 0.1) is 14.7 Å². The molecule has 0 radical (unpaired) electrons. The molecule has 13 heteroatoms. The molecule has 2 rings (SSSR count). The quantitative estimate of drug-likeness (QED) is 0.609. The Labute approximate surface area is 140 Å². The van der Waals surface area contributed by atoms with Crippen LogP contribution in [-0.4, -0.2) is 46.8 Å². The van der Waals surface area contributed by atoms with Crippen molar-refractivity contribution in [1.29, 1.82) is 0 Å². The van der Waals surface area contributed by atoms with Crippen molar-refractivity contribution in [2.75, 3.05) is 11.2 Å². The fraction of sp³-hybridized carbons (Fsp3) is 0.250. The zero-order valence-corrected chi connectivity index (χ0v) is 13.7. The molecule has 12 nitrogen and oxygen atoms in total. The van der Waals surface area contributed by atoms with Gasteiger partial charge in [-0.25, -0.2) is 13.2 Å². The van der Waals surface area contributed by atoms with Crippen LogP contribution < -0.4 is 4.90 Å². The van der Waals surface area contributed by atoms with Crippen LogP contribution in [0.5, 0.6) is 0 Å². The largest absolute Gasteiger partial charge is 0.465 e. The number of hydrogen-bond donors (Lipinski definition) is 1. The van der Waals surface area contributed by atoms with Gasteiger partial charge < -0.3 is 10.0 Å². The number of anilines is 1. The van der Waals surface area contributed by atoms with Crippen LogP contribution in [0.25, 0.3) is 0 Å². The number of carbonyl (C=O) groups is 1. The van der Waals surface area contributed by atoms with E-state index in [4.69, 9.17) is 5.11 Å². The highest BCUT2D eigenvalue weighted by molar-refractivity contribution is 7.90. The van der Waals surface area contributed by atoms with Crippen LogP contribution in [0, 0.1) is 20.2 Å². The van der Waals surface area contributed by atoms with Crippen molar-refractivity contribution in [3.8, 4) is 0 Å². The highest BCUT2D eigenvalue weighted by Gasteiger charge is 2.38. The average Bonchev–Trinajstić information content (AvgIpc) is 2.86. The van der Waals surface area contributed by atoms with Crippen LogP contribution in [0.4, 0.5) is 21.9 Å². The van der Waals surface area contributed by atoms with Gasteiger partial charge in [-0.1, -0.05) is 0 Å². The summed E-state index contributed by atoms with van der Waals surface area (Å²) < 4.78 is 23.3. The standard InChI is InChI=1S/C12H12N4O8S/c1-7-13(3-4-14(7)12(17)18)11-9(15(19)20)5-8(25(2,23)24)6-10(11)16(21)22/h3-7H,1-2H3,(H,17,18). The summed E-state index contributed by atoms with van der Waals surface area (Å²) in [5.74, 6) is 0. The number of rotatable bonds is 4. The molecule has 0 saturated heterocycles. The normalized spacial score (nSPS) is 17.0. The number of nitro benzene ring substituents is 2. The molecule has 1 aromatic rings. The molecule has 1 heterocycles. The van der Waals surface area contributed by atoms with E-state index in [1.165, 1.54) is 6.92 Å². The Bertz CT molecular complexity index is 875. The van der Waals surface area contributed by atoms with Gasteiger partial charge in [0.25, 0.3) is 0 Å². The van der Waals surface area contributed by atoms with E-state index in [-0.39, 0.29) is 0 Å². The van der Waals surface area contributed by atoms with Crippen molar-refractivity contribution < 1.29 is 28.2 Å². The maximum absolute atomic E-state index is 11.7. The summed E-state index contributed by atoms with van der Waals surface area (Å²) in [7, 11) is -3.94. The first-order valence-electron chi connectivity index (χ1n) is 6.60. The molecule has 1 unspecified atom stereocenters. The number of sulfone groups is 1. The number of nitro groups is 2. The molecule has 25 heavy (non-hydrogen) atoms. The minimum Gasteiger partial charge on any atom is -0.465 e. The lowest BCUT2D eigenvalue weighted by molar-refractivity contribution is -0.393. The van der Waals surface area contributed by atoms with Gasteiger partial charge in [0.1, 0.15) is 6.17 Å². The topological polar surface area (TPSA) is 164 Å². The summed E-state index contributed by atoms with van der Waals surface area (Å²) in [6, 6.07) is 1.42. The van der Waals surface area contributed by atoms with E-state index in [9.17, 15) is 33.4 Å². The molecule has 1 amide bonds. The summed E-state index contributed by atoms with van der Waals surface area (Å²) >= 11 is 0.